The molecule has 0 radical (unpaired) electrons. The van der Waals surface area contributed by atoms with Crippen molar-refractivity contribution in [2.75, 3.05) is 18.6 Å². The number of amides is 2. The fourth-order valence-corrected chi connectivity index (χ4v) is 4.36. The maximum Gasteiger partial charge on any atom is 0.338 e. The third-order valence-electron chi connectivity index (χ3n) is 6.20. The Morgan fingerprint density at radius 1 is 1.03 bits per heavy atom. The second kappa shape index (κ2) is 10.0. The largest absolute Gasteiger partial charge is 0.497 e. The molecule has 0 aliphatic carbocycles. The predicted molar refractivity (Wildman–Crippen MR) is 133 cm³/mol. The minimum absolute atomic E-state index is 0.241. The van der Waals surface area contributed by atoms with Crippen LogP contribution in [0.4, 0.5) is 5.69 Å². The zero-order chi connectivity index (χ0) is 25.0. The molecule has 0 saturated heterocycles. The average Bonchev–Trinajstić information content (AvgIpc) is 2.88. The van der Waals surface area contributed by atoms with Gasteiger partial charge in [-0.05, 0) is 61.4 Å². The van der Waals surface area contributed by atoms with Gasteiger partial charge in [-0.1, -0.05) is 36.4 Å². The minimum atomic E-state index is -1.22. The van der Waals surface area contributed by atoms with Crippen LogP contribution in [0.25, 0.3) is 0 Å². The molecule has 1 N–H and O–H groups in total. The first-order valence-electron chi connectivity index (χ1n) is 11.5. The summed E-state index contributed by atoms with van der Waals surface area (Å²) >= 11 is 0. The molecule has 180 valence electrons. The van der Waals surface area contributed by atoms with Crippen LogP contribution in [0.15, 0.2) is 72.8 Å². The van der Waals surface area contributed by atoms with E-state index in [2.05, 4.69) is 5.32 Å². The van der Waals surface area contributed by atoms with E-state index in [0.29, 0.717) is 29.8 Å². The fraction of sp³-hybridized carbons (Fsp3) is 0.250. The van der Waals surface area contributed by atoms with Gasteiger partial charge in [0.1, 0.15) is 11.3 Å². The molecular formula is C28H28N2O5. The van der Waals surface area contributed by atoms with Crippen molar-refractivity contribution in [1.82, 2.24) is 5.32 Å². The van der Waals surface area contributed by atoms with Gasteiger partial charge in [0.25, 0.3) is 5.91 Å². The summed E-state index contributed by atoms with van der Waals surface area (Å²) in [5.41, 5.74) is 1.80. The lowest BCUT2D eigenvalue weighted by Gasteiger charge is -2.44. The van der Waals surface area contributed by atoms with Gasteiger partial charge >= 0.3 is 5.97 Å². The van der Waals surface area contributed by atoms with Crippen molar-refractivity contribution in [2.24, 2.45) is 0 Å². The van der Waals surface area contributed by atoms with E-state index in [9.17, 15) is 14.4 Å². The Morgan fingerprint density at radius 3 is 2.49 bits per heavy atom. The number of carbonyl (C=O) groups excluding carboxylic acids is 3. The number of hydrogen-bond donors (Lipinski definition) is 1. The first-order chi connectivity index (χ1) is 16.9. The van der Waals surface area contributed by atoms with Crippen LogP contribution in [0.3, 0.4) is 0 Å². The smallest absolute Gasteiger partial charge is 0.338 e. The third kappa shape index (κ3) is 4.75. The molecule has 0 aromatic heterocycles. The molecule has 1 aliphatic rings. The number of anilines is 1. The van der Waals surface area contributed by atoms with Gasteiger partial charge < -0.3 is 14.8 Å². The van der Waals surface area contributed by atoms with Gasteiger partial charge in [0.2, 0.25) is 5.91 Å². The summed E-state index contributed by atoms with van der Waals surface area (Å²) in [6.07, 6.45) is 0.326. The van der Waals surface area contributed by atoms with Crippen molar-refractivity contribution in [3.8, 4) is 5.75 Å². The van der Waals surface area contributed by atoms with Gasteiger partial charge in [-0.15, -0.1) is 0 Å². The Morgan fingerprint density at radius 2 is 1.77 bits per heavy atom. The van der Waals surface area contributed by atoms with Crippen LogP contribution in [-0.4, -0.2) is 37.0 Å². The van der Waals surface area contributed by atoms with E-state index >= 15 is 0 Å². The fourth-order valence-electron chi connectivity index (χ4n) is 4.36. The first-order valence-corrected chi connectivity index (χ1v) is 11.5. The van der Waals surface area contributed by atoms with Crippen molar-refractivity contribution in [1.29, 1.82) is 0 Å². The first kappa shape index (κ1) is 24.0. The lowest BCUT2D eigenvalue weighted by Crippen LogP contribution is -2.63. The zero-order valence-electron chi connectivity index (χ0n) is 20.0. The van der Waals surface area contributed by atoms with E-state index in [-0.39, 0.29) is 18.4 Å². The molecule has 7 nitrogen and oxygen atoms in total. The molecule has 1 atom stereocenters. The van der Waals surface area contributed by atoms with E-state index in [1.807, 2.05) is 36.4 Å². The topological polar surface area (TPSA) is 84.9 Å². The Hall–Kier alpha value is -4.13. The molecule has 0 saturated carbocycles. The molecule has 1 aliphatic heterocycles. The Kier molecular flexibility index (Phi) is 6.87. The standard InChI is InChI=1S/C28H28N2O5/c1-4-35-26(32)20-9-7-10-22(16-20)30-25(31)24-11-6-5-8-21(24)17-28(30,2)27(33)29-18-19-12-14-23(34-3)15-13-19/h5-16H,4,17-18H2,1-3H3,(H,29,33)/t28-/m0/s1. The molecule has 4 rings (SSSR count). The number of nitrogens with one attached hydrogen (secondary N) is 1. The van der Waals surface area contributed by atoms with Gasteiger partial charge in [-0.2, -0.15) is 0 Å². The molecule has 1 heterocycles. The Balaban J connectivity index is 1.69. The molecule has 3 aromatic rings. The number of rotatable bonds is 7. The lowest BCUT2D eigenvalue weighted by atomic mass is 9.82. The van der Waals surface area contributed by atoms with Gasteiger partial charge in [0.15, 0.2) is 0 Å². The highest BCUT2D eigenvalue weighted by molar-refractivity contribution is 6.14. The van der Waals surface area contributed by atoms with Crippen molar-refractivity contribution in [3.63, 3.8) is 0 Å². The lowest BCUT2D eigenvalue weighted by molar-refractivity contribution is -0.126. The molecule has 2 amide bonds. The number of fused-ring (bicyclic) bond motifs is 1. The van der Waals surface area contributed by atoms with Crippen LogP contribution < -0.4 is 15.0 Å². The molecule has 0 fully saturated rings. The van der Waals surface area contributed by atoms with Crippen LogP contribution in [0, 0.1) is 0 Å². The average molecular weight is 473 g/mol. The van der Waals surface area contributed by atoms with Crippen LogP contribution in [0.5, 0.6) is 5.75 Å². The number of carbonyl (C=O) groups is 3. The van der Waals surface area contributed by atoms with Crippen molar-refractivity contribution < 1.29 is 23.9 Å². The number of nitrogens with zero attached hydrogens (tertiary/aromatic N) is 1. The van der Waals surface area contributed by atoms with Crippen LogP contribution in [0.1, 0.15) is 45.7 Å². The molecule has 3 aromatic carbocycles. The number of ether oxygens (including phenoxy) is 2. The van der Waals surface area contributed by atoms with E-state index in [1.165, 1.54) is 4.90 Å². The SMILES string of the molecule is CCOC(=O)c1cccc(N2C(=O)c3ccccc3C[C@@]2(C)C(=O)NCc2ccc(OC)cc2)c1. The van der Waals surface area contributed by atoms with E-state index < -0.39 is 11.5 Å². The zero-order valence-corrected chi connectivity index (χ0v) is 20.0. The molecule has 0 unspecified atom stereocenters. The summed E-state index contributed by atoms with van der Waals surface area (Å²) in [5.74, 6) is -0.341. The molecule has 35 heavy (non-hydrogen) atoms. The van der Waals surface area contributed by atoms with Crippen LogP contribution >= 0.6 is 0 Å². The molecular weight excluding hydrogens is 444 g/mol. The van der Waals surface area contributed by atoms with Crippen molar-refractivity contribution in [3.05, 3.63) is 95.1 Å². The molecule has 0 spiro atoms. The molecule has 7 heteroatoms. The summed E-state index contributed by atoms with van der Waals surface area (Å²) in [5, 5.41) is 2.99. The number of methoxy groups -OCH3 is 1. The van der Waals surface area contributed by atoms with Gasteiger partial charge in [0, 0.05) is 24.2 Å². The van der Waals surface area contributed by atoms with Crippen molar-refractivity contribution >= 4 is 23.5 Å². The highest BCUT2D eigenvalue weighted by Crippen LogP contribution is 2.36. The second-order valence-corrected chi connectivity index (χ2v) is 8.55. The number of esters is 1. The van der Waals surface area contributed by atoms with Crippen LogP contribution in [-0.2, 0) is 22.5 Å². The second-order valence-electron chi connectivity index (χ2n) is 8.55. The van der Waals surface area contributed by atoms with Crippen molar-refractivity contribution in [2.45, 2.75) is 32.4 Å². The predicted octanol–water partition coefficient (Wildman–Crippen LogP) is 4.15. The summed E-state index contributed by atoms with van der Waals surface area (Å²) in [4.78, 5) is 41.2. The Bertz CT molecular complexity index is 1250. The summed E-state index contributed by atoms with van der Waals surface area (Å²) in [6, 6.07) is 21.3. The number of hydrogen-bond acceptors (Lipinski definition) is 5. The van der Waals surface area contributed by atoms with E-state index in [0.717, 1.165) is 16.9 Å². The Labute approximate surface area is 204 Å². The van der Waals surface area contributed by atoms with Crippen LogP contribution in [0.2, 0.25) is 0 Å². The normalized spacial score (nSPS) is 16.9. The van der Waals surface area contributed by atoms with E-state index in [1.54, 1.807) is 57.4 Å². The number of benzene rings is 3. The highest BCUT2D eigenvalue weighted by Gasteiger charge is 2.47. The van der Waals surface area contributed by atoms with Gasteiger partial charge in [-0.3, -0.25) is 14.5 Å². The molecule has 0 bridgehead atoms. The van der Waals surface area contributed by atoms with Gasteiger partial charge in [0.05, 0.1) is 19.3 Å². The van der Waals surface area contributed by atoms with E-state index in [4.69, 9.17) is 9.47 Å². The summed E-state index contributed by atoms with van der Waals surface area (Å²) in [6.45, 7) is 4.02. The quantitative estimate of drug-likeness (QED) is 0.522. The maximum atomic E-state index is 13.7. The third-order valence-corrected chi connectivity index (χ3v) is 6.20. The minimum Gasteiger partial charge on any atom is -0.497 e. The monoisotopic (exact) mass is 472 g/mol. The summed E-state index contributed by atoms with van der Waals surface area (Å²) in [7, 11) is 1.60. The maximum absolute atomic E-state index is 13.7. The summed E-state index contributed by atoms with van der Waals surface area (Å²) < 4.78 is 10.3. The van der Waals surface area contributed by atoms with Gasteiger partial charge in [-0.25, -0.2) is 4.79 Å². The highest BCUT2D eigenvalue weighted by atomic mass is 16.5.